The van der Waals surface area contributed by atoms with Gasteiger partial charge in [0.15, 0.2) is 5.65 Å². The molecule has 0 spiro atoms. The van der Waals surface area contributed by atoms with Gasteiger partial charge >= 0.3 is 0 Å². The number of rotatable bonds is 9. The number of pyridine rings is 1. The fraction of sp³-hybridized carbons (Fsp3) is 0.357. The lowest BCUT2D eigenvalue weighted by Crippen LogP contribution is -2.08. The molecule has 2 heterocycles. The van der Waals surface area contributed by atoms with Crippen LogP contribution in [-0.2, 0) is 6.42 Å². The molecule has 2 aromatic carbocycles. The minimum Gasteiger partial charge on any atom is -0.341 e. The average molecular weight is 459 g/mol. The Bertz CT molecular complexity index is 1330. The summed E-state index contributed by atoms with van der Waals surface area (Å²) in [6.45, 7) is 6.30. The molecule has 0 radical (unpaired) electrons. The predicted octanol–water partition coefficient (Wildman–Crippen LogP) is 8.28. The smallest absolute Gasteiger partial charge is 0.157 e. The zero-order valence-electron chi connectivity index (χ0n) is 19.7. The minimum atomic E-state index is 0.652. The molecule has 0 saturated carbocycles. The average Bonchev–Trinajstić information content (AvgIpc) is 3.19. The highest BCUT2D eigenvalue weighted by atomic mass is 35.5. The number of benzene rings is 2. The van der Waals surface area contributed by atoms with E-state index in [9.17, 15) is 5.26 Å². The van der Waals surface area contributed by atoms with Gasteiger partial charge in [-0.3, -0.25) is 4.40 Å². The van der Waals surface area contributed by atoms with E-state index in [0.29, 0.717) is 11.2 Å². The summed E-state index contributed by atoms with van der Waals surface area (Å²) in [6, 6.07) is 16.5. The van der Waals surface area contributed by atoms with Crippen LogP contribution in [0.25, 0.3) is 16.7 Å². The number of imidazole rings is 1. The zero-order chi connectivity index (χ0) is 23.4. The van der Waals surface area contributed by atoms with Crippen LogP contribution in [0.2, 0.25) is 5.02 Å². The van der Waals surface area contributed by atoms with Crippen molar-refractivity contribution in [3.05, 3.63) is 69.7 Å². The molecule has 0 fully saturated rings. The molecule has 2 aromatic heterocycles. The number of aromatic nitrogens is 2. The highest BCUT2D eigenvalue weighted by molar-refractivity contribution is 6.31. The van der Waals surface area contributed by atoms with Crippen LogP contribution in [0.4, 0.5) is 11.5 Å². The number of halogens is 1. The number of hydrogen-bond donors (Lipinski definition) is 1. The Hall–Kier alpha value is -3.03. The Morgan fingerprint density at radius 2 is 1.79 bits per heavy atom. The molecule has 0 saturated heterocycles. The molecule has 0 aliphatic rings. The summed E-state index contributed by atoms with van der Waals surface area (Å²) in [5.74, 6) is 0.976. The van der Waals surface area contributed by atoms with E-state index in [1.54, 1.807) is 0 Å². The third kappa shape index (κ3) is 4.70. The van der Waals surface area contributed by atoms with Gasteiger partial charge in [-0.25, -0.2) is 4.98 Å². The number of anilines is 2. The predicted molar refractivity (Wildman–Crippen MR) is 139 cm³/mol. The molecule has 1 N–H and O–H groups in total. The second-order valence-electron chi connectivity index (χ2n) is 8.81. The van der Waals surface area contributed by atoms with Crippen molar-refractivity contribution in [3.63, 3.8) is 0 Å². The summed E-state index contributed by atoms with van der Waals surface area (Å²) in [5, 5.41) is 14.4. The summed E-state index contributed by atoms with van der Waals surface area (Å²) in [6.07, 6.45) is 8.29. The normalized spacial score (nSPS) is 11.2. The van der Waals surface area contributed by atoms with Crippen LogP contribution in [-0.4, -0.2) is 9.38 Å². The number of aryl methyl sites for hydroxylation is 1. The molecule has 0 aliphatic carbocycles. The van der Waals surface area contributed by atoms with Gasteiger partial charge in [0, 0.05) is 10.7 Å². The van der Waals surface area contributed by atoms with Crippen molar-refractivity contribution in [3.8, 4) is 6.07 Å². The Morgan fingerprint density at radius 1 is 1.03 bits per heavy atom. The fourth-order valence-corrected chi connectivity index (χ4v) is 4.69. The number of hydrogen-bond acceptors (Lipinski definition) is 3. The number of nitrogens with zero attached hydrogens (tertiary/aromatic N) is 3. The summed E-state index contributed by atoms with van der Waals surface area (Å²) in [7, 11) is 0. The maximum absolute atomic E-state index is 10.0. The molecular weight excluding hydrogens is 428 g/mol. The first-order valence-electron chi connectivity index (χ1n) is 11.9. The van der Waals surface area contributed by atoms with Crippen molar-refractivity contribution in [2.24, 2.45) is 0 Å². The minimum absolute atomic E-state index is 0.652. The molecule has 0 aliphatic heterocycles. The van der Waals surface area contributed by atoms with Crippen LogP contribution in [0.15, 0.2) is 42.5 Å². The number of nitriles is 1. The van der Waals surface area contributed by atoms with E-state index < -0.39 is 0 Å². The Balaban J connectivity index is 1.84. The van der Waals surface area contributed by atoms with Crippen molar-refractivity contribution in [2.75, 3.05) is 5.32 Å². The lowest BCUT2D eigenvalue weighted by atomic mass is 9.98. The Kier molecular flexibility index (Phi) is 7.20. The largest absolute Gasteiger partial charge is 0.341 e. The van der Waals surface area contributed by atoms with Gasteiger partial charge < -0.3 is 5.32 Å². The molecule has 4 nitrogen and oxygen atoms in total. The Morgan fingerprint density at radius 3 is 2.55 bits per heavy atom. The fourth-order valence-electron chi connectivity index (χ4n) is 4.51. The first-order chi connectivity index (χ1) is 16.0. The van der Waals surface area contributed by atoms with Crippen LogP contribution in [0, 0.1) is 25.2 Å². The van der Waals surface area contributed by atoms with Crippen LogP contribution in [0.1, 0.15) is 67.7 Å². The summed E-state index contributed by atoms with van der Waals surface area (Å²) in [4.78, 5) is 4.83. The second-order valence-corrected chi connectivity index (χ2v) is 9.21. The van der Waals surface area contributed by atoms with E-state index in [2.05, 4.69) is 35.7 Å². The van der Waals surface area contributed by atoms with Crippen LogP contribution in [0.3, 0.4) is 0 Å². The van der Waals surface area contributed by atoms with Crippen molar-refractivity contribution in [2.45, 2.75) is 65.7 Å². The molecule has 0 amide bonds. The SMILES string of the molecule is CCCCCCCCc1c(C)c(C#N)c2nc3ccccc3n2c1Nc1ccc(C)c(Cl)c1. The summed E-state index contributed by atoms with van der Waals surface area (Å²) >= 11 is 6.43. The van der Waals surface area contributed by atoms with E-state index >= 15 is 0 Å². The lowest BCUT2D eigenvalue weighted by Gasteiger charge is -2.19. The van der Waals surface area contributed by atoms with Gasteiger partial charge in [-0.15, -0.1) is 0 Å². The molecular formula is C28H31ClN4. The third-order valence-corrected chi connectivity index (χ3v) is 6.86. The number of fused-ring (bicyclic) bond motifs is 3. The molecule has 0 unspecified atom stereocenters. The van der Waals surface area contributed by atoms with Crippen molar-refractivity contribution in [1.82, 2.24) is 9.38 Å². The van der Waals surface area contributed by atoms with Gasteiger partial charge in [0.25, 0.3) is 0 Å². The van der Waals surface area contributed by atoms with Gasteiger partial charge in [-0.05, 0) is 67.6 Å². The third-order valence-electron chi connectivity index (χ3n) is 6.45. The molecule has 0 atom stereocenters. The highest BCUT2D eigenvalue weighted by Gasteiger charge is 2.21. The molecule has 33 heavy (non-hydrogen) atoms. The number of nitrogens with one attached hydrogen (secondary N) is 1. The van der Waals surface area contributed by atoms with E-state index in [1.807, 2.05) is 43.3 Å². The second kappa shape index (κ2) is 10.3. The van der Waals surface area contributed by atoms with E-state index in [1.165, 1.54) is 37.7 Å². The van der Waals surface area contributed by atoms with Gasteiger partial charge in [0.05, 0.1) is 16.6 Å². The maximum Gasteiger partial charge on any atom is 0.157 e. The summed E-state index contributed by atoms with van der Waals surface area (Å²) < 4.78 is 2.11. The van der Waals surface area contributed by atoms with Gasteiger partial charge in [0.2, 0.25) is 0 Å². The quantitative estimate of drug-likeness (QED) is 0.257. The van der Waals surface area contributed by atoms with Crippen LogP contribution in [0.5, 0.6) is 0 Å². The van der Waals surface area contributed by atoms with E-state index in [-0.39, 0.29) is 0 Å². The first kappa shape index (κ1) is 23.1. The first-order valence-corrected chi connectivity index (χ1v) is 12.3. The lowest BCUT2D eigenvalue weighted by molar-refractivity contribution is 0.607. The Labute approximate surface area is 201 Å². The molecule has 0 bridgehead atoms. The molecule has 4 rings (SSSR count). The van der Waals surface area contributed by atoms with Crippen molar-refractivity contribution in [1.29, 1.82) is 5.26 Å². The van der Waals surface area contributed by atoms with Crippen molar-refractivity contribution >= 4 is 39.8 Å². The standard InChI is InChI=1S/C28H31ClN4/c1-4-5-6-7-8-9-12-22-20(3)23(18-30)28-32-25-13-10-11-14-26(25)33(28)27(22)31-21-16-15-19(2)24(29)17-21/h10-11,13-17,31H,4-9,12H2,1-3H3. The topological polar surface area (TPSA) is 53.1 Å². The number of unbranched alkanes of at least 4 members (excludes halogenated alkanes) is 5. The van der Waals surface area contributed by atoms with Gasteiger partial charge in [-0.2, -0.15) is 5.26 Å². The van der Waals surface area contributed by atoms with E-state index in [4.69, 9.17) is 16.6 Å². The van der Waals surface area contributed by atoms with Crippen LogP contribution < -0.4 is 5.32 Å². The maximum atomic E-state index is 10.0. The molecule has 4 aromatic rings. The van der Waals surface area contributed by atoms with Gasteiger partial charge in [0.1, 0.15) is 11.9 Å². The van der Waals surface area contributed by atoms with Gasteiger partial charge in [-0.1, -0.05) is 68.8 Å². The zero-order valence-corrected chi connectivity index (χ0v) is 20.5. The monoisotopic (exact) mass is 458 g/mol. The van der Waals surface area contributed by atoms with Crippen LogP contribution >= 0.6 is 11.6 Å². The summed E-state index contributed by atoms with van der Waals surface area (Å²) in [5.41, 5.74) is 7.39. The number of para-hydroxylation sites is 2. The molecule has 5 heteroatoms. The van der Waals surface area contributed by atoms with Crippen molar-refractivity contribution < 1.29 is 0 Å². The highest BCUT2D eigenvalue weighted by Crippen LogP contribution is 2.34. The van der Waals surface area contributed by atoms with E-state index in [0.717, 1.165) is 51.5 Å². The molecule has 170 valence electrons.